The third kappa shape index (κ3) is 3.05. The number of carbonyl (C=O) groups is 1. The average molecular weight is 244 g/mol. The number of anilines is 1. The van der Waals surface area contributed by atoms with Crippen molar-refractivity contribution in [2.75, 3.05) is 11.9 Å². The fourth-order valence-corrected chi connectivity index (χ4v) is 1.82. The molecule has 2 N–H and O–H groups in total. The van der Waals surface area contributed by atoms with Gasteiger partial charge in [0.1, 0.15) is 0 Å². The summed E-state index contributed by atoms with van der Waals surface area (Å²) in [5.41, 5.74) is 1.65. The number of aliphatic hydroxyl groups excluding tert-OH is 1. The van der Waals surface area contributed by atoms with E-state index in [2.05, 4.69) is 10.3 Å². The number of hydrogen-bond donors (Lipinski definition) is 2. The van der Waals surface area contributed by atoms with Crippen LogP contribution in [0.4, 0.5) is 5.69 Å². The molecule has 1 heterocycles. The van der Waals surface area contributed by atoms with Crippen LogP contribution in [0.15, 0.2) is 36.5 Å². The van der Waals surface area contributed by atoms with Crippen molar-refractivity contribution in [3.8, 4) is 0 Å². The molecule has 0 saturated heterocycles. The predicted molar refractivity (Wildman–Crippen MR) is 71.3 cm³/mol. The highest BCUT2D eigenvalue weighted by molar-refractivity contribution is 6.00. The molecule has 0 fully saturated rings. The van der Waals surface area contributed by atoms with Crippen LogP contribution < -0.4 is 5.32 Å². The van der Waals surface area contributed by atoms with Gasteiger partial charge < -0.3 is 10.4 Å². The minimum atomic E-state index is -0.0280. The molecule has 94 valence electrons. The molecule has 0 radical (unpaired) electrons. The first-order valence-corrected chi connectivity index (χ1v) is 6.06. The highest BCUT2D eigenvalue weighted by atomic mass is 16.2. The lowest BCUT2D eigenvalue weighted by Crippen LogP contribution is -2.11. The monoisotopic (exact) mass is 244 g/mol. The molecule has 0 aliphatic heterocycles. The van der Waals surface area contributed by atoms with Crippen molar-refractivity contribution in [3.05, 3.63) is 36.5 Å². The first-order chi connectivity index (χ1) is 8.81. The van der Waals surface area contributed by atoms with Crippen molar-refractivity contribution in [2.24, 2.45) is 0 Å². The van der Waals surface area contributed by atoms with Gasteiger partial charge in [-0.15, -0.1) is 0 Å². The Kier molecular flexibility index (Phi) is 4.25. The van der Waals surface area contributed by atoms with Crippen molar-refractivity contribution in [3.63, 3.8) is 0 Å². The van der Waals surface area contributed by atoms with Crippen LogP contribution in [0.25, 0.3) is 10.9 Å². The van der Waals surface area contributed by atoms with E-state index in [0.29, 0.717) is 19.3 Å². The van der Waals surface area contributed by atoms with Gasteiger partial charge in [-0.1, -0.05) is 6.07 Å². The third-order valence-corrected chi connectivity index (χ3v) is 2.73. The number of carbonyl (C=O) groups excluding carboxylic acids is 1. The maximum Gasteiger partial charge on any atom is 0.224 e. The van der Waals surface area contributed by atoms with Gasteiger partial charge in [0.15, 0.2) is 0 Å². The summed E-state index contributed by atoms with van der Waals surface area (Å²) in [5, 5.41) is 12.5. The van der Waals surface area contributed by atoms with Crippen LogP contribution in [-0.2, 0) is 4.79 Å². The van der Waals surface area contributed by atoms with E-state index in [4.69, 9.17) is 5.11 Å². The Balaban J connectivity index is 2.09. The minimum absolute atomic E-state index is 0.0280. The maximum atomic E-state index is 11.7. The SMILES string of the molecule is O=C(CCCCO)Nc1cccc2ncccc12. The van der Waals surface area contributed by atoms with Crippen molar-refractivity contribution in [2.45, 2.75) is 19.3 Å². The number of benzene rings is 1. The number of fused-ring (bicyclic) bond motifs is 1. The molecule has 4 nitrogen and oxygen atoms in total. The molecular formula is C14H16N2O2. The molecule has 0 spiro atoms. The van der Waals surface area contributed by atoms with E-state index in [-0.39, 0.29) is 12.5 Å². The quantitative estimate of drug-likeness (QED) is 0.793. The lowest BCUT2D eigenvalue weighted by molar-refractivity contribution is -0.116. The average Bonchev–Trinajstić information content (AvgIpc) is 2.39. The number of amides is 1. The standard InChI is InChI=1S/C14H16N2O2/c17-10-2-1-8-14(18)16-13-7-3-6-12-11(13)5-4-9-15-12/h3-7,9,17H,1-2,8,10H2,(H,16,18). The summed E-state index contributed by atoms with van der Waals surface area (Å²) in [4.78, 5) is 16.0. The minimum Gasteiger partial charge on any atom is -0.396 e. The molecule has 18 heavy (non-hydrogen) atoms. The van der Waals surface area contributed by atoms with Crippen LogP contribution in [0, 0.1) is 0 Å². The molecule has 0 saturated carbocycles. The van der Waals surface area contributed by atoms with Crippen LogP contribution in [0.5, 0.6) is 0 Å². The molecule has 4 heteroatoms. The van der Waals surface area contributed by atoms with Crippen molar-refractivity contribution < 1.29 is 9.90 Å². The fourth-order valence-electron chi connectivity index (χ4n) is 1.82. The van der Waals surface area contributed by atoms with Gasteiger partial charge in [0, 0.05) is 24.6 Å². The zero-order chi connectivity index (χ0) is 12.8. The first-order valence-electron chi connectivity index (χ1n) is 6.06. The smallest absolute Gasteiger partial charge is 0.224 e. The summed E-state index contributed by atoms with van der Waals surface area (Å²) in [6, 6.07) is 9.44. The highest BCUT2D eigenvalue weighted by Crippen LogP contribution is 2.21. The Labute approximate surface area is 106 Å². The molecule has 2 aromatic rings. The molecule has 0 atom stereocenters. The largest absolute Gasteiger partial charge is 0.396 e. The van der Waals surface area contributed by atoms with Gasteiger partial charge in [0.2, 0.25) is 5.91 Å². The normalized spacial score (nSPS) is 10.5. The van der Waals surface area contributed by atoms with Crippen LogP contribution in [-0.4, -0.2) is 22.6 Å². The second-order valence-corrected chi connectivity index (χ2v) is 4.10. The molecular weight excluding hydrogens is 228 g/mol. The van der Waals surface area contributed by atoms with Crippen molar-refractivity contribution in [1.82, 2.24) is 4.98 Å². The maximum absolute atomic E-state index is 11.7. The number of rotatable bonds is 5. The van der Waals surface area contributed by atoms with Gasteiger partial charge in [-0.2, -0.15) is 0 Å². The molecule has 1 aromatic heterocycles. The summed E-state index contributed by atoms with van der Waals surface area (Å²) >= 11 is 0. The van der Waals surface area contributed by atoms with Gasteiger partial charge in [0.05, 0.1) is 11.2 Å². The van der Waals surface area contributed by atoms with E-state index >= 15 is 0 Å². The molecule has 2 rings (SSSR count). The Morgan fingerprint density at radius 3 is 2.94 bits per heavy atom. The van der Waals surface area contributed by atoms with Crippen molar-refractivity contribution >= 4 is 22.5 Å². The molecule has 0 bridgehead atoms. The molecule has 0 unspecified atom stereocenters. The molecule has 1 amide bonds. The summed E-state index contributed by atoms with van der Waals surface area (Å²) < 4.78 is 0. The first kappa shape index (κ1) is 12.5. The Morgan fingerprint density at radius 1 is 1.22 bits per heavy atom. The van der Waals surface area contributed by atoms with E-state index < -0.39 is 0 Å². The fraction of sp³-hybridized carbons (Fsp3) is 0.286. The number of aromatic nitrogens is 1. The Hall–Kier alpha value is -1.94. The summed E-state index contributed by atoms with van der Waals surface area (Å²) in [6.45, 7) is 0.130. The zero-order valence-corrected chi connectivity index (χ0v) is 10.1. The number of hydrogen-bond acceptors (Lipinski definition) is 3. The number of pyridine rings is 1. The second kappa shape index (κ2) is 6.12. The summed E-state index contributed by atoms with van der Waals surface area (Å²) in [6.07, 6.45) is 3.52. The highest BCUT2D eigenvalue weighted by Gasteiger charge is 2.05. The van der Waals surface area contributed by atoms with Crippen LogP contribution in [0.1, 0.15) is 19.3 Å². The van der Waals surface area contributed by atoms with Crippen molar-refractivity contribution in [1.29, 1.82) is 0 Å². The summed E-state index contributed by atoms with van der Waals surface area (Å²) in [5.74, 6) is -0.0280. The lowest BCUT2D eigenvalue weighted by atomic mass is 10.1. The van der Waals surface area contributed by atoms with E-state index in [0.717, 1.165) is 16.6 Å². The molecule has 1 aromatic carbocycles. The zero-order valence-electron chi connectivity index (χ0n) is 10.1. The Bertz CT molecular complexity index is 535. The number of aliphatic hydroxyl groups is 1. The van der Waals surface area contributed by atoms with Gasteiger partial charge in [-0.05, 0) is 37.1 Å². The summed E-state index contributed by atoms with van der Waals surface area (Å²) in [7, 11) is 0. The lowest BCUT2D eigenvalue weighted by Gasteiger charge is -2.07. The molecule has 0 aliphatic rings. The number of nitrogens with one attached hydrogen (secondary N) is 1. The number of unbranched alkanes of at least 4 members (excludes halogenated alkanes) is 1. The predicted octanol–water partition coefficient (Wildman–Crippen LogP) is 2.34. The number of nitrogens with zero attached hydrogens (tertiary/aromatic N) is 1. The molecule has 0 aliphatic carbocycles. The van der Waals surface area contributed by atoms with Crippen LogP contribution >= 0.6 is 0 Å². The van der Waals surface area contributed by atoms with Gasteiger partial charge >= 0.3 is 0 Å². The second-order valence-electron chi connectivity index (χ2n) is 4.10. The van der Waals surface area contributed by atoms with Gasteiger partial charge in [-0.25, -0.2) is 0 Å². The Morgan fingerprint density at radius 2 is 2.11 bits per heavy atom. The third-order valence-electron chi connectivity index (χ3n) is 2.73. The van der Waals surface area contributed by atoms with E-state index in [9.17, 15) is 4.79 Å². The van der Waals surface area contributed by atoms with Gasteiger partial charge in [0.25, 0.3) is 0 Å². The van der Waals surface area contributed by atoms with E-state index in [1.54, 1.807) is 6.20 Å². The van der Waals surface area contributed by atoms with E-state index in [1.165, 1.54) is 0 Å². The van der Waals surface area contributed by atoms with E-state index in [1.807, 2.05) is 30.3 Å². The topological polar surface area (TPSA) is 62.2 Å². The van der Waals surface area contributed by atoms with Gasteiger partial charge in [-0.3, -0.25) is 9.78 Å². The van der Waals surface area contributed by atoms with Crippen LogP contribution in [0.3, 0.4) is 0 Å². The van der Waals surface area contributed by atoms with Crippen LogP contribution in [0.2, 0.25) is 0 Å².